The Kier molecular flexibility index (Phi) is 2.98. The van der Waals surface area contributed by atoms with E-state index < -0.39 is 22.4 Å². The molecular weight excluding hydrogens is 284 g/mol. The number of hydrogen-bond acceptors (Lipinski definition) is 4. The molecule has 21 heavy (non-hydrogen) atoms. The molecular formula is C13H7F2N3O3. The predicted molar refractivity (Wildman–Crippen MR) is 68.3 cm³/mol. The van der Waals surface area contributed by atoms with Crippen molar-refractivity contribution < 1.29 is 18.4 Å². The van der Waals surface area contributed by atoms with E-state index in [1.807, 2.05) is 0 Å². The summed E-state index contributed by atoms with van der Waals surface area (Å²) >= 11 is 0. The third-order valence-corrected chi connectivity index (χ3v) is 2.75. The third-order valence-electron chi connectivity index (χ3n) is 2.75. The molecule has 0 amide bonds. The van der Waals surface area contributed by atoms with Gasteiger partial charge in [-0.3, -0.25) is 0 Å². The van der Waals surface area contributed by atoms with E-state index in [0.717, 1.165) is 18.2 Å². The van der Waals surface area contributed by atoms with E-state index in [1.54, 1.807) is 18.2 Å². The lowest BCUT2D eigenvalue weighted by atomic mass is 10.3. The molecule has 106 valence electrons. The molecule has 2 aromatic heterocycles. The van der Waals surface area contributed by atoms with Gasteiger partial charge in [-0.1, -0.05) is 6.07 Å². The number of fused-ring (bicyclic) bond motifs is 1. The number of pyridine rings is 1. The lowest BCUT2D eigenvalue weighted by Crippen LogP contribution is -1.96. The first-order chi connectivity index (χ1) is 10.1. The topological polar surface area (TPSA) is 69.7 Å². The first kappa shape index (κ1) is 13.0. The van der Waals surface area contributed by atoms with Crippen molar-refractivity contribution in [2.24, 2.45) is 0 Å². The van der Waals surface area contributed by atoms with E-state index in [0.29, 0.717) is 5.65 Å². The van der Waals surface area contributed by atoms with Crippen LogP contribution in [0.5, 0.6) is 11.6 Å². The zero-order valence-electron chi connectivity index (χ0n) is 10.4. The van der Waals surface area contributed by atoms with Gasteiger partial charge in [0.2, 0.25) is 5.65 Å². The van der Waals surface area contributed by atoms with E-state index in [4.69, 9.17) is 4.74 Å². The number of halogens is 2. The Bertz CT molecular complexity index is 848. The number of hydrogen-bond donors (Lipinski definition) is 0. The Balaban J connectivity index is 2.09. The maximum absolute atomic E-state index is 13.1. The number of nitrogens with zero attached hydrogens (tertiary/aromatic N) is 3. The fourth-order valence-corrected chi connectivity index (χ4v) is 1.85. The molecule has 2 heterocycles. The average Bonchev–Trinajstić information content (AvgIpc) is 2.80. The molecule has 3 rings (SSSR count). The van der Waals surface area contributed by atoms with Crippen LogP contribution in [-0.4, -0.2) is 14.3 Å². The fraction of sp³-hybridized carbons (Fsp3) is 0. The molecule has 0 saturated carbocycles. The molecule has 1 aromatic carbocycles. The highest BCUT2D eigenvalue weighted by molar-refractivity contribution is 5.53. The minimum atomic E-state index is -1.11. The quantitative estimate of drug-likeness (QED) is 0.548. The van der Waals surface area contributed by atoms with Gasteiger partial charge >= 0.3 is 11.7 Å². The smallest absolute Gasteiger partial charge is 0.392 e. The van der Waals surface area contributed by atoms with Gasteiger partial charge in [0.1, 0.15) is 5.75 Å². The molecule has 0 atom stereocenters. The number of benzene rings is 1. The van der Waals surface area contributed by atoms with Gasteiger partial charge in [-0.25, -0.2) is 8.78 Å². The summed E-state index contributed by atoms with van der Waals surface area (Å²) < 4.78 is 32.4. The Hall–Kier alpha value is -3.03. The van der Waals surface area contributed by atoms with Crippen molar-refractivity contribution in [3.8, 4) is 11.6 Å². The summed E-state index contributed by atoms with van der Waals surface area (Å²) in [5.74, 6) is -2.92. The second-order valence-electron chi connectivity index (χ2n) is 4.10. The van der Waals surface area contributed by atoms with E-state index in [-0.39, 0.29) is 11.6 Å². The van der Waals surface area contributed by atoms with Crippen molar-refractivity contribution in [1.82, 2.24) is 9.38 Å². The first-order valence-electron chi connectivity index (χ1n) is 5.80. The highest BCUT2D eigenvalue weighted by Crippen LogP contribution is 2.31. The van der Waals surface area contributed by atoms with Gasteiger partial charge in [0.05, 0.1) is 6.20 Å². The zero-order valence-corrected chi connectivity index (χ0v) is 10.4. The van der Waals surface area contributed by atoms with Crippen molar-refractivity contribution in [3.63, 3.8) is 0 Å². The van der Waals surface area contributed by atoms with Gasteiger partial charge in [-0.05, 0) is 23.1 Å². The number of aromatic nitrogens is 2. The van der Waals surface area contributed by atoms with Crippen molar-refractivity contribution >= 4 is 11.5 Å². The van der Waals surface area contributed by atoms with Gasteiger partial charge < -0.3 is 14.9 Å². The Morgan fingerprint density at radius 3 is 2.71 bits per heavy atom. The number of imidazole rings is 1. The molecule has 0 saturated heterocycles. The summed E-state index contributed by atoms with van der Waals surface area (Å²) in [6.07, 6.45) is 1.46. The molecule has 0 radical (unpaired) electrons. The van der Waals surface area contributed by atoms with Crippen LogP contribution in [0.1, 0.15) is 0 Å². The van der Waals surface area contributed by atoms with Crippen LogP contribution in [0.25, 0.3) is 5.65 Å². The van der Waals surface area contributed by atoms with Gasteiger partial charge in [-0.15, -0.1) is 0 Å². The highest BCUT2D eigenvalue weighted by Gasteiger charge is 2.24. The second kappa shape index (κ2) is 4.82. The van der Waals surface area contributed by atoms with Gasteiger partial charge in [0, 0.05) is 12.1 Å². The molecule has 0 fully saturated rings. The molecule has 3 aromatic rings. The first-order valence-corrected chi connectivity index (χ1v) is 5.80. The van der Waals surface area contributed by atoms with Crippen LogP contribution < -0.4 is 4.74 Å². The van der Waals surface area contributed by atoms with E-state index in [9.17, 15) is 18.9 Å². The molecule has 0 bridgehead atoms. The Morgan fingerprint density at radius 1 is 1.19 bits per heavy atom. The lowest BCUT2D eigenvalue weighted by Gasteiger charge is -2.02. The minimum absolute atomic E-state index is 0.0830. The Labute approximate surface area is 116 Å². The molecule has 0 aliphatic heterocycles. The van der Waals surface area contributed by atoms with E-state index in [2.05, 4.69) is 4.98 Å². The largest absolute Gasteiger partial charge is 0.432 e. The normalized spacial score (nSPS) is 10.8. The highest BCUT2D eigenvalue weighted by atomic mass is 19.2. The van der Waals surface area contributed by atoms with Crippen LogP contribution >= 0.6 is 0 Å². The molecule has 6 nitrogen and oxygen atoms in total. The van der Waals surface area contributed by atoms with Crippen molar-refractivity contribution in [2.75, 3.05) is 0 Å². The van der Waals surface area contributed by atoms with Gasteiger partial charge in [-0.2, -0.15) is 9.38 Å². The summed E-state index contributed by atoms with van der Waals surface area (Å²) in [6.45, 7) is 0. The zero-order chi connectivity index (χ0) is 15.0. The maximum Gasteiger partial charge on any atom is 0.392 e. The van der Waals surface area contributed by atoms with Crippen molar-refractivity contribution in [3.05, 3.63) is 64.3 Å². The standard InChI is InChI=1S/C13H7F2N3O3/c14-9-5-4-8(7-10(9)15)21-12-13(18(19)20)17-6-2-1-3-11(17)16-12/h1-7H. The second-order valence-corrected chi connectivity index (χ2v) is 4.10. The summed E-state index contributed by atoms with van der Waals surface area (Å²) in [5, 5.41) is 11.1. The predicted octanol–water partition coefficient (Wildman–Crippen LogP) is 3.31. The van der Waals surface area contributed by atoms with Crippen LogP contribution in [0.4, 0.5) is 14.6 Å². The summed E-state index contributed by atoms with van der Waals surface area (Å²) in [4.78, 5) is 14.4. The maximum atomic E-state index is 13.1. The van der Waals surface area contributed by atoms with Crippen LogP contribution in [0, 0.1) is 21.7 Å². The van der Waals surface area contributed by atoms with Gasteiger partial charge in [0.15, 0.2) is 11.6 Å². The molecule has 0 unspecified atom stereocenters. The van der Waals surface area contributed by atoms with Crippen molar-refractivity contribution in [1.29, 1.82) is 0 Å². The molecule has 0 aliphatic carbocycles. The molecule has 0 spiro atoms. The van der Waals surface area contributed by atoms with Crippen LogP contribution in [0.2, 0.25) is 0 Å². The van der Waals surface area contributed by atoms with E-state index in [1.165, 1.54) is 10.6 Å². The number of nitro groups is 1. The third kappa shape index (κ3) is 2.27. The summed E-state index contributed by atoms with van der Waals surface area (Å²) in [6, 6.07) is 7.64. The SMILES string of the molecule is O=[N+]([O-])c1c(Oc2ccc(F)c(F)c2)nc2ccccn12. The minimum Gasteiger partial charge on any atom is -0.432 e. The van der Waals surface area contributed by atoms with E-state index >= 15 is 0 Å². The van der Waals surface area contributed by atoms with Gasteiger partial charge in [0.25, 0.3) is 0 Å². The summed E-state index contributed by atoms with van der Waals surface area (Å²) in [5.41, 5.74) is 0.307. The molecule has 0 aliphatic rings. The molecule has 8 heteroatoms. The number of ether oxygens (including phenoxy) is 1. The Morgan fingerprint density at radius 2 is 2.00 bits per heavy atom. The number of rotatable bonds is 3. The van der Waals surface area contributed by atoms with Crippen LogP contribution in [-0.2, 0) is 0 Å². The van der Waals surface area contributed by atoms with Crippen molar-refractivity contribution in [2.45, 2.75) is 0 Å². The fourth-order valence-electron chi connectivity index (χ4n) is 1.85. The lowest BCUT2D eigenvalue weighted by molar-refractivity contribution is -0.391. The van der Waals surface area contributed by atoms with Crippen LogP contribution in [0.3, 0.4) is 0 Å². The molecule has 0 N–H and O–H groups in total. The van der Waals surface area contributed by atoms with Crippen LogP contribution in [0.15, 0.2) is 42.6 Å². The summed E-state index contributed by atoms with van der Waals surface area (Å²) in [7, 11) is 0. The average molecular weight is 291 g/mol. The monoisotopic (exact) mass is 291 g/mol.